The van der Waals surface area contributed by atoms with E-state index in [1.807, 2.05) is 7.05 Å². The fourth-order valence-corrected chi connectivity index (χ4v) is 5.78. The fraction of sp³-hybridized carbons (Fsp3) is 0.333. The third-order valence-electron chi connectivity index (χ3n) is 4.36. The zero-order valence-corrected chi connectivity index (χ0v) is 15.3. The van der Waals surface area contributed by atoms with Crippen molar-refractivity contribution < 1.29 is 0 Å². The van der Waals surface area contributed by atoms with Crippen LogP contribution in [0.5, 0.6) is 0 Å². The predicted molar refractivity (Wildman–Crippen MR) is 101 cm³/mol. The summed E-state index contributed by atoms with van der Waals surface area (Å²) in [5.41, 5.74) is 3.48. The summed E-state index contributed by atoms with van der Waals surface area (Å²) in [5.74, 6) is 1.69. The average molecular weight is 340 g/mol. The van der Waals surface area contributed by atoms with E-state index in [1.165, 1.54) is 10.5 Å². The molecule has 0 spiro atoms. The molecule has 0 bridgehead atoms. The monoisotopic (exact) mass is 340 g/mol. The Morgan fingerprint density at radius 2 is 1.96 bits per heavy atom. The van der Waals surface area contributed by atoms with E-state index in [0.29, 0.717) is 11.2 Å². The van der Waals surface area contributed by atoms with Gasteiger partial charge in [-0.2, -0.15) is 9.29 Å². The van der Waals surface area contributed by atoms with E-state index in [0.717, 1.165) is 23.4 Å². The first-order valence-electron chi connectivity index (χ1n) is 8.19. The van der Waals surface area contributed by atoms with Gasteiger partial charge >= 0.3 is 0 Å². The van der Waals surface area contributed by atoms with Crippen LogP contribution in [-0.4, -0.2) is 26.8 Å². The van der Waals surface area contributed by atoms with Crippen molar-refractivity contribution in [3.8, 4) is 0 Å². The molecular formula is C18H22N5S+. The molecule has 1 aliphatic rings. The highest BCUT2D eigenvalue weighted by molar-refractivity contribution is 7.99. The van der Waals surface area contributed by atoms with Crippen LogP contribution in [0.2, 0.25) is 0 Å². The quantitative estimate of drug-likeness (QED) is 0.743. The maximum Gasteiger partial charge on any atom is 0.225 e. The maximum absolute atomic E-state index is 4.84. The van der Waals surface area contributed by atoms with E-state index >= 15 is 0 Å². The molecule has 1 aliphatic heterocycles. The van der Waals surface area contributed by atoms with Crippen LogP contribution in [-0.2, 0) is 24.7 Å². The first-order valence-corrected chi connectivity index (χ1v) is 9.44. The lowest BCUT2D eigenvalue weighted by molar-refractivity contribution is 0.946. The molecule has 3 heterocycles. The van der Waals surface area contributed by atoms with Gasteiger partial charge in [-0.15, -0.1) is 0 Å². The van der Waals surface area contributed by atoms with Crippen molar-refractivity contribution in [2.45, 2.75) is 30.5 Å². The van der Waals surface area contributed by atoms with Gasteiger partial charge in [-0.05, 0) is 26.0 Å². The lowest BCUT2D eigenvalue weighted by atomic mass is 10.2. The van der Waals surface area contributed by atoms with Crippen LogP contribution >= 0.6 is 0 Å². The summed E-state index contributed by atoms with van der Waals surface area (Å²) >= 11 is 0.000547. The molecule has 124 valence electrons. The molecule has 2 aromatic heterocycles. The first-order chi connectivity index (χ1) is 11.6. The van der Waals surface area contributed by atoms with E-state index in [4.69, 9.17) is 4.98 Å². The second-order valence-corrected chi connectivity index (χ2v) is 8.74. The van der Waals surface area contributed by atoms with Gasteiger partial charge in [0.2, 0.25) is 11.8 Å². The van der Waals surface area contributed by atoms with Gasteiger partial charge in [0.25, 0.3) is 0 Å². The number of hydrogen-bond acceptors (Lipinski definition) is 4. The van der Waals surface area contributed by atoms with Gasteiger partial charge in [0.15, 0.2) is 4.90 Å². The Hall–Kier alpha value is -2.21. The van der Waals surface area contributed by atoms with Gasteiger partial charge in [0.05, 0.1) is 12.1 Å². The minimum absolute atomic E-state index is 0.000547. The summed E-state index contributed by atoms with van der Waals surface area (Å²) < 4.78 is 4.58. The van der Waals surface area contributed by atoms with E-state index in [2.05, 4.69) is 76.6 Å². The van der Waals surface area contributed by atoms with Crippen molar-refractivity contribution in [2.24, 2.45) is 7.05 Å². The van der Waals surface area contributed by atoms with Gasteiger partial charge in [0, 0.05) is 25.9 Å². The number of fused-ring (bicyclic) bond motifs is 2. The SMILES string of the molecule is CNc1nc(N2Cc3ccccc3[S+]2C(C)C)c2c(ccn2C)n1. The summed E-state index contributed by atoms with van der Waals surface area (Å²) in [4.78, 5) is 10.9. The molecule has 6 heteroatoms. The molecular weight excluding hydrogens is 318 g/mol. The second kappa shape index (κ2) is 5.70. The summed E-state index contributed by atoms with van der Waals surface area (Å²) in [6.45, 7) is 5.49. The lowest BCUT2D eigenvalue weighted by Crippen LogP contribution is -2.32. The molecule has 1 aromatic carbocycles. The fourth-order valence-electron chi connectivity index (χ4n) is 3.32. The molecule has 1 atom stereocenters. The Labute approximate surface area is 145 Å². The standard InChI is InChI=1S/C18H22N5S/c1-12(2)24-15-8-6-5-7-13(15)11-23(24)17-16-14(9-10-22(16)4)20-18(19-3)21-17/h5-10,12H,11H2,1-4H3,(H,19,20,21)/q+1. The van der Waals surface area contributed by atoms with Crippen molar-refractivity contribution >= 4 is 33.9 Å². The number of nitrogens with one attached hydrogen (secondary N) is 1. The molecule has 0 saturated carbocycles. The van der Waals surface area contributed by atoms with E-state index in [1.54, 1.807) is 0 Å². The molecule has 0 fully saturated rings. The number of hydrogen-bond donors (Lipinski definition) is 1. The highest BCUT2D eigenvalue weighted by Gasteiger charge is 2.45. The molecule has 5 nitrogen and oxygen atoms in total. The molecule has 1 unspecified atom stereocenters. The minimum atomic E-state index is 0.000547. The number of aromatic nitrogens is 3. The van der Waals surface area contributed by atoms with Crippen LogP contribution < -0.4 is 9.62 Å². The van der Waals surface area contributed by atoms with Gasteiger partial charge in [-0.25, -0.2) is 4.98 Å². The van der Waals surface area contributed by atoms with Crippen molar-refractivity contribution in [3.63, 3.8) is 0 Å². The summed E-state index contributed by atoms with van der Waals surface area (Å²) in [5, 5.41) is 3.63. The van der Waals surface area contributed by atoms with Crippen molar-refractivity contribution in [3.05, 3.63) is 42.1 Å². The number of anilines is 2. The Morgan fingerprint density at radius 3 is 2.71 bits per heavy atom. The average Bonchev–Trinajstić information content (AvgIpc) is 3.15. The molecule has 1 N–H and O–H groups in total. The van der Waals surface area contributed by atoms with E-state index in [-0.39, 0.29) is 11.1 Å². The molecule has 3 aromatic rings. The van der Waals surface area contributed by atoms with Crippen LogP contribution in [0.3, 0.4) is 0 Å². The molecule has 0 saturated heterocycles. The zero-order valence-electron chi connectivity index (χ0n) is 14.4. The number of rotatable bonds is 3. The topological polar surface area (TPSA) is 46.0 Å². The second-order valence-electron chi connectivity index (χ2n) is 6.29. The normalized spacial score (nSPS) is 16.9. The summed E-state index contributed by atoms with van der Waals surface area (Å²) in [7, 11) is 3.93. The van der Waals surface area contributed by atoms with E-state index < -0.39 is 0 Å². The van der Waals surface area contributed by atoms with Crippen molar-refractivity contribution in [1.29, 1.82) is 0 Å². The lowest BCUT2D eigenvalue weighted by Gasteiger charge is -2.20. The molecule has 0 radical (unpaired) electrons. The maximum atomic E-state index is 4.84. The van der Waals surface area contributed by atoms with Gasteiger partial charge in [-0.1, -0.05) is 18.2 Å². The molecule has 0 amide bonds. The van der Waals surface area contributed by atoms with Gasteiger partial charge in [-0.3, -0.25) is 0 Å². The van der Waals surface area contributed by atoms with E-state index in [9.17, 15) is 0 Å². The number of aryl methyl sites for hydroxylation is 1. The van der Waals surface area contributed by atoms with Crippen LogP contribution in [0, 0.1) is 0 Å². The van der Waals surface area contributed by atoms with Gasteiger partial charge in [0.1, 0.15) is 21.8 Å². The number of benzene rings is 1. The predicted octanol–water partition coefficient (Wildman–Crippen LogP) is 3.33. The summed E-state index contributed by atoms with van der Waals surface area (Å²) in [6, 6.07) is 10.8. The Morgan fingerprint density at radius 1 is 1.17 bits per heavy atom. The third kappa shape index (κ3) is 2.24. The van der Waals surface area contributed by atoms with Crippen LogP contribution in [0.15, 0.2) is 41.4 Å². The molecule has 4 rings (SSSR count). The van der Waals surface area contributed by atoms with Crippen LogP contribution in [0.4, 0.5) is 11.8 Å². The van der Waals surface area contributed by atoms with Gasteiger partial charge < -0.3 is 9.88 Å². The first kappa shape index (κ1) is 15.3. The highest BCUT2D eigenvalue weighted by atomic mass is 32.2. The van der Waals surface area contributed by atoms with Crippen molar-refractivity contribution in [1.82, 2.24) is 14.5 Å². The largest absolute Gasteiger partial charge is 0.357 e. The smallest absolute Gasteiger partial charge is 0.225 e. The van der Waals surface area contributed by atoms with Crippen molar-refractivity contribution in [2.75, 3.05) is 16.7 Å². The summed E-state index contributed by atoms with van der Waals surface area (Å²) in [6.07, 6.45) is 2.05. The number of nitrogens with zero attached hydrogens (tertiary/aromatic N) is 4. The Kier molecular flexibility index (Phi) is 3.64. The minimum Gasteiger partial charge on any atom is -0.357 e. The van der Waals surface area contributed by atoms with Crippen LogP contribution in [0.1, 0.15) is 19.4 Å². The van der Waals surface area contributed by atoms with Crippen LogP contribution in [0.25, 0.3) is 11.0 Å². The molecule has 24 heavy (non-hydrogen) atoms. The highest BCUT2D eigenvalue weighted by Crippen LogP contribution is 2.40. The molecule has 0 aliphatic carbocycles. The Bertz CT molecular complexity index is 902. The Balaban J connectivity index is 1.93. The zero-order chi connectivity index (χ0) is 16.8. The third-order valence-corrected chi connectivity index (χ3v) is 6.88.